The van der Waals surface area contributed by atoms with Crippen LogP contribution < -0.4 is 16.0 Å². The quantitative estimate of drug-likeness (QED) is 0.581. The molecule has 0 aliphatic rings. The Hall–Kier alpha value is -3.24. The summed E-state index contributed by atoms with van der Waals surface area (Å²) in [7, 11) is 0. The first-order valence-corrected chi connectivity index (χ1v) is 8.19. The lowest BCUT2D eigenvalue weighted by Gasteiger charge is -2.16. The molecule has 28 heavy (non-hydrogen) atoms. The number of carbonyl (C=O) groups is 2. The Balaban J connectivity index is 2.40. The summed E-state index contributed by atoms with van der Waals surface area (Å²) in [6.45, 7) is 1.77. The molecule has 2 aromatic rings. The van der Waals surface area contributed by atoms with Crippen LogP contribution in [0.15, 0.2) is 29.1 Å². The number of aromatic nitrogens is 2. The number of nitrogens with one attached hydrogen (secondary N) is 2. The third kappa shape index (κ3) is 5.63. The average molecular weight is 401 g/mol. The van der Waals surface area contributed by atoms with E-state index in [1.807, 2.05) is 0 Å². The third-order valence-electron chi connectivity index (χ3n) is 3.79. The first-order valence-electron chi connectivity index (χ1n) is 8.19. The van der Waals surface area contributed by atoms with Crippen molar-refractivity contribution in [1.82, 2.24) is 10.2 Å². The third-order valence-corrected chi connectivity index (χ3v) is 3.79. The van der Waals surface area contributed by atoms with Crippen LogP contribution >= 0.6 is 0 Å². The van der Waals surface area contributed by atoms with Crippen molar-refractivity contribution in [3.63, 3.8) is 0 Å². The highest BCUT2D eigenvalue weighted by atomic mass is 19.4. The van der Waals surface area contributed by atoms with Crippen LogP contribution in [0.5, 0.6) is 5.75 Å². The number of amides is 1. The molecule has 1 atom stereocenters. The number of aromatic amines is 2. The van der Waals surface area contributed by atoms with Gasteiger partial charge in [-0.15, -0.1) is 13.2 Å². The summed E-state index contributed by atoms with van der Waals surface area (Å²) >= 11 is 0. The first kappa shape index (κ1) is 21.1. The highest BCUT2D eigenvalue weighted by Gasteiger charge is 2.31. The van der Waals surface area contributed by atoms with E-state index in [9.17, 15) is 27.6 Å². The summed E-state index contributed by atoms with van der Waals surface area (Å²) < 4.78 is 45.6. The zero-order valence-corrected chi connectivity index (χ0v) is 14.8. The molecule has 8 nitrogen and oxygen atoms in total. The number of esters is 1. The molecule has 0 bridgehead atoms. The van der Waals surface area contributed by atoms with Crippen molar-refractivity contribution in [2.24, 2.45) is 5.73 Å². The van der Waals surface area contributed by atoms with Crippen molar-refractivity contribution in [1.29, 1.82) is 0 Å². The Morgan fingerprint density at radius 1 is 1.18 bits per heavy atom. The van der Waals surface area contributed by atoms with Crippen LogP contribution in [-0.2, 0) is 20.7 Å². The summed E-state index contributed by atoms with van der Waals surface area (Å²) in [6.07, 6.45) is -5.40. The van der Waals surface area contributed by atoms with Gasteiger partial charge in [-0.3, -0.25) is 19.5 Å². The van der Waals surface area contributed by atoms with Gasteiger partial charge in [0.25, 0.3) is 5.56 Å². The number of alkyl halides is 3. The molecule has 2 rings (SSSR count). The number of hydrogen-bond acceptors (Lipinski definition) is 5. The van der Waals surface area contributed by atoms with E-state index in [0.29, 0.717) is 5.56 Å². The summed E-state index contributed by atoms with van der Waals surface area (Å²) in [4.78, 5) is 35.5. The topological polar surface area (TPSA) is 127 Å². The van der Waals surface area contributed by atoms with Crippen molar-refractivity contribution >= 4 is 11.9 Å². The molecule has 0 radical (unpaired) electrons. The zero-order valence-electron chi connectivity index (χ0n) is 14.8. The van der Waals surface area contributed by atoms with E-state index in [2.05, 4.69) is 14.9 Å². The minimum absolute atomic E-state index is 0.0799. The van der Waals surface area contributed by atoms with Crippen molar-refractivity contribution in [3.8, 4) is 5.75 Å². The fourth-order valence-electron chi connectivity index (χ4n) is 2.76. The molecule has 152 valence electrons. The van der Waals surface area contributed by atoms with E-state index >= 15 is 0 Å². The maximum absolute atomic E-state index is 12.3. The highest BCUT2D eigenvalue weighted by Crippen LogP contribution is 2.30. The zero-order chi connectivity index (χ0) is 20.9. The lowest BCUT2D eigenvalue weighted by atomic mass is 9.87. The summed E-state index contributed by atoms with van der Waals surface area (Å²) in [5, 5.41) is 4.90. The second-order valence-corrected chi connectivity index (χ2v) is 5.79. The van der Waals surface area contributed by atoms with E-state index in [0.717, 1.165) is 12.1 Å². The number of ether oxygens (including phenoxy) is 2. The summed E-state index contributed by atoms with van der Waals surface area (Å²) in [5.74, 6) is -2.66. The van der Waals surface area contributed by atoms with Gasteiger partial charge in [0, 0.05) is 17.9 Å². The fourth-order valence-corrected chi connectivity index (χ4v) is 2.76. The molecule has 1 heterocycles. The first-order chi connectivity index (χ1) is 13.1. The second-order valence-electron chi connectivity index (χ2n) is 5.79. The molecule has 1 aromatic carbocycles. The van der Waals surface area contributed by atoms with E-state index < -0.39 is 35.5 Å². The molecule has 4 N–H and O–H groups in total. The van der Waals surface area contributed by atoms with Crippen LogP contribution in [-0.4, -0.2) is 35.0 Å². The lowest BCUT2D eigenvalue weighted by molar-refractivity contribution is -0.274. The van der Waals surface area contributed by atoms with Crippen LogP contribution in [0.3, 0.4) is 0 Å². The van der Waals surface area contributed by atoms with Gasteiger partial charge in [-0.25, -0.2) is 0 Å². The molecule has 0 fully saturated rings. The number of primary amides is 1. The van der Waals surface area contributed by atoms with Crippen molar-refractivity contribution in [3.05, 3.63) is 51.4 Å². The van der Waals surface area contributed by atoms with Crippen LogP contribution in [0.25, 0.3) is 0 Å². The monoisotopic (exact) mass is 401 g/mol. The summed E-state index contributed by atoms with van der Waals surface area (Å²) in [6, 6.07) is 4.69. The van der Waals surface area contributed by atoms with Crippen molar-refractivity contribution in [2.75, 3.05) is 6.61 Å². The Kier molecular flexibility index (Phi) is 6.49. The Morgan fingerprint density at radius 2 is 1.82 bits per heavy atom. The lowest BCUT2D eigenvalue weighted by Crippen LogP contribution is -2.22. The molecule has 1 aromatic heterocycles. The normalized spacial score (nSPS) is 12.4. The molecule has 0 spiro atoms. The number of hydrogen-bond donors (Lipinski definition) is 3. The molecule has 0 unspecified atom stereocenters. The Morgan fingerprint density at radius 3 is 2.36 bits per heavy atom. The highest BCUT2D eigenvalue weighted by molar-refractivity contribution is 5.76. The van der Waals surface area contributed by atoms with Gasteiger partial charge in [0.1, 0.15) is 5.75 Å². The van der Waals surface area contributed by atoms with Crippen LogP contribution in [0.2, 0.25) is 0 Å². The van der Waals surface area contributed by atoms with Gasteiger partial charge in [0.05, 0.1) is 18.7 Å². The minimum Gasteiger partial charge on any atom is -0.466 e. The maximum Gasteiger partial charge on any atom is 0.573 e. The molecule has 1 amide bonds. The van der Waals surface area contributed by atoms with Gasteiger partial charge in [0.15, 0.2) is 0 Å². The van der Waals surface area contributed by atoms with Crippen LogP contribution in [0.1, 0.15) is 36.1 Å². The van der Waals surface area contributed by atoms with Gasteiger partial charge >= 0.3 is 12.3 Å². The Bertz CT molecular complexity index is 887. The fraction of sp³-hybridized carbons (Fsp3) is 0.353. The number of benzene rings is 1. The molecular weight excluding hydrogens is 383 g/mol. The second kappa shape index (κ2) is 8.63. The summed E-state index contributed by atoms with van der Waals surface area (Å²) in [5.41, 5.74) is 5.32. The average Bonchev–Trinajstić information content (AvgIpc) is 2.92. The van der Waals surface area contributed by atoms with Gasteiger partial charge in [-0.2, -0.15) is 0 Å². The number of carbonyl (C=O) groups excluding carboxylic acids is 2. The van der Waals surface area contributed by atoms with Crippen molar-refractivity contribution in [2.45, 2.75) is 32.0 Å². The van der Waals surface area contributed by atoms with Gasteiger partial charge in [-0.05, 0) is 24.6 Å². The van der Waals surface area contributed by atoms with Crippen LogP contribution in [0, 0.1) is 0 Å². The molecule has 0 saturated heterocycles. The number of rotatable bonds is 8. The molecule has 0 aliphatic heterocycles. The smallest absolute Gasteiger partial charge is 0.466 e. The number of halogens is 3. The molecular formula is C17H18F3N3O5. The predicted molar refractivity (Wildman–Crippen MR) is 90.5 cm³/mol. The predicted octanol–water partition coefficient (Wildman–Crippen LogP) is 1.71. The van der Waals surface area contributed by atoms with Gasteiger partial charge in [0.2, 0.25) is 5.91 Å². The maximum atomic E-state index is 12.3. The molecule has 11 heteroatoms. The molecule has 0 saturated carbocycles. The van der Waals surface area contributed by atoms with Crippen molar-refractivity contribution < 1.29 is 32.2 Å². The minimum atomic E-state index is -4.85. The van der Waals surface area contributed by atoms with E-state index in [4.69, 9.17) is 10.5 Å². The number of H-pyrrole nitrogens is 2. The largest absolute Gasteiger partial charge is 0.573 e. The number of nitrogens with two attached hydrogens (primary N) is 1. The van der Waals surface area contributed by atoms with E-state index in [-0.39, 0.29) is 30.7 Å². The Labute approximate surface area is 156 Å². The van der Waals surface area contributed by atoms with Gasteiger partial charge < -0.3 is 20.3 Å². The van der Waals surface area contributed by atoms with E-state index in [1.54, 1.807) is 6.92 Å². The SMILES string of the molecule is CCOC(=O)Cc1[nH][nH]c(=O)c1[C@@H](CC(N)=O)c1ccc(OC(F)(F)F)cc1. The standard InChI is InChI=1S/C17H18F3N3O5/c1-2-27-14(25)8-12-15(16(26)23-22-12)11(7-13(21)24)9-3-5-10(6-4-9)28-17(18,19)20/h3-6,11H,2,7-8H2,1H3,(H2,21,24)(H2,22,23,26)/t11-/m0/s1. The molecule has 0 aliphatic carbocycles. The van der Waals surface area contributed by atoms with E-state index in [1.165, 1.54) is 12.1 Å². The van der Waals surface area contributed by atoms with Crippen LogP contribution in [0.4, 0.5) is 13.2 Å². The van der Waals surface area contributed by atoms with Gasteiger partial charge in [-0.1, -0.05) is 12.1 Å².